The van der Waals surface area contributed by atoms with Gasteiger partial charge in [-0.2, -0.15) is 5.26 Å². The van der Waals surface area contributed by atoms with Gasteiger partial charge in [-0.25, -0.2) is 4.79 Å². The van der Waals surface area contributed by atoms with Crippen LogP contribution in [0.4, 0.5) is 10.5 Å². The molecule has 1 aromatic rings. The molecule has 2 saturated carbocycles. The number of hydrogen-bond donors (Lipinski definition) is 1. The summed E-state index contributed by atoms with van der Waals surface area (Å²) < 4.78 is 0. The zero-order valence-electron chi connectivity index (χ0n) is 14.1. The third-order valence-corrected chi connectivity index (χ3v) is 5.64. The number of carbonyl (C=O) groups excluding carboxylic acids is 3. The van der Waals surface area contributed by atoms with Crippen LogP contribution < -0.4 is 5.32 Å². The number of nitrogens with zero attached hydrogens (tertiary/aromatic N) is 3. The van der Waals surface area contributed by atoms with Crippen LogP contribution in [0.3, 0.4) is 0 Å². The van der Waals surface area contributed by atoms with Crippen molar-refractivity contribution in [3.05, 3.63) is 29.8 Å². The highest BCUT2D eigenvalue weighted by Crippen LogP contribution is 2.47. The van der Waals surface area contributed by atoms with Crippen molar-refractivity contribution in [3.63, 3.8) is 0 Å². The number of nitriles is 1. The Labute approximate surface area is 150 Å². The van der Waals surface area contributed by atoms with E-state index in [2.05, 4.69) is 10.3 Å². The molecule has 4 rings (SSSR count). The van der Waals surface area contributed by atoms with Crippen molar-refractivity contribution in [1.29, 1.82) is 5.26 Å². The van der Waals surface area contributed by atoms with Crippen LogP contribution in [0.15, 0.2) is 29.3 Å². The van der Waals surface area contributed by atoms with E-state index < -0.39 is 23.8 Å². The predicted molar refractivity (Wildman–Crippen MR) is 92.4 cm³/mol. The molecular weight excluding hydrogens is 332 g/mol. The molecule has 2 bridgehead atoms. The first-order chi connectivity index (χ1) is 12.6. The maximum absolute atomic E-state index is 12.8. The second-order valence-electron chi connectivity index (χ2n) is 7.16. The Balaban J connectivity index is 1.54. The Morgan fingerprint density at radius 2 is 1.92 bits per heavy atom. The van der Waals surface area contributed by atoms with E-state index in [1.54, 1.807) is 24.3 Å². The molecule has 3 fully saturated rings. The third kappa shape index (κ3) is 2.77. The van der Waals surface area contributed by atoms with Gasteiger partial charge in [0.05, 0.1) is 17.3 Å². The van der Waals surface area contributed by atoms with Crippen molar-refractivity contribution < 1.29 is 14.4 Å². The lowest BCUT2D eigenvalue weighted by atomic mass is 9.92. The maximum Gasteiger partial charge on any atom is 0.331 e. The Morgan fingerprint density at radius 3 is 2.54 bits per heavy atom. The zero-order valence-corrected chi connectivity index (χ0v) is 14.1. The van der Waals surface area contributed by atoms with Gasteiger partial charge in [-0.15, -0.1) is 0 Å². The van der Waals surface area contributed by atoms with Gasteiger partial charge in [0.15, 0.2) is 5.92 Å². The number of fused-ring (bicyclic) bond motifs is 2. The van der Waals surface area contributed by atoms with Gasteiger partial charge in [0.1, 0.15) is 0 Å². The van der Waals surface area contributed by atoms with E-state index in [0.717, 1.165) is 25.7 Å². The van der Waals surface area contributed by atoms with Crippen molar-refractivity contribution in [1.82, 2.24) is 10.2 Å². The number of imide groups is 2. The lowest BCUT2D eigenvalue weighted by Crippen LogP contribution is -2.62. The molecule has 4 amide bonds. The SMILES string of the molecule is N#Cc1ccc(N=C[C@@H]2C(=O)NC(=O)N([C@@H]3C[C@H]4CC[C@H]3C4)C2=O)cc1. The van der Waals surface area contributed by atoms with Gasteiger partial charge in [-0.1, -0.05) is 6.42 Å². The Kier molecular flexibility index (Phi) is 4.03. The molecule has 1 aromatic carbocycles. The highest BCUT2D eigenvalue weighted by Gasteiger charge is 2.50. The van der Waals surface area contributed by atoms with Crippen LogP contribution in [-0.4, -0.2) is 35.0 Å². The van der Waals surface area contributed by atoms with Gasteiger partial charge >= 0.3 is 6.03 Å². The van der Waals surface area contributed by atoms with Gasteiger partial charge in [-0.05, 0) is 55.4 Å². The highest BCUT2D eigenvalue weighted by molar-refractivity contribution is 6.23. The number of carbonyl (C=O) groups is 3. The first-order valence-corrected chi connectivity index (χ1v) is 8.79. The van der Waals surface area contributed by atoms with Crippen LogP contribution in [0.5, 0.6) is 0 Å². The number of barbiturate groups is 1. The summed E-state index contributed by atoms with van der Waals surface area (Å²) in [5.74, 6) is -1.32. The predicted octanol–water partition coefficient (Wildman–Crippen LogP) is 2.14. The van der Waals surface area contributed by atoms with Crippen LogP contribution in [-0.2, 0) is 9.59 Å². The highest BCUT2D eigenvalue weighted by atomic mass is 16.2. The third-order valence-electron chi connectivity index (χ3n) is 5.64. The van der Waals surface area contributed by atoms with Crippen LogP contribution in [0.25, 0.3) is 0 Å². The van der Waals surface area contributed by atoms with Crippen LogP contribution in [0.1, 0.15) is 31.2 Å². The molecule has 3 aliphatic rings. The number of urea groups is 1. The molecule has 7 heteroatoms. The summed E-state index contributed by atoms with van der Waals surface area (Å²) >= 11 is 0. The minimum Gasteiger partial charge on any atom is -0.277 e. The average molecular weight is 350 g/mol. The topological polar surface area (TPSA) is 103 Å². The molecule has 2 aliphatic carbocycles. The number of rotatable bonds is 3. The Morgan fingerprint density at radius 1 is 1.15 bits per heavy atom. The molecule has 0 aromatic heterocycles. The van der Waals surface area contributed by atoms with Gasteiger partial charge in [0.2, 0.25) is 11.8 Å². The van der Waals surface area contributed by atoms with Crippen molar-refractivity contribution >= 4 is 29.7 Å². The molecular formula is C19H18N4O3. The fourth-order valence-electron chi connectivity index (χ4n) is 4.36. The second kappa shape index (κ2) is 6.37. The Hall–Kier alpha value is -3.01. The van der Waals surface area contributed by atoms with Gasteiger partial charge in [0, 0.05) is 12.3 Å². The smallest absolute Gasteiger partial charge is 0.277 e. The van der Waals surface area contributed by atoms with Gasteiger partial charge in [0.25, 0.3) is 0 Å². The number of aliphatic imine (C=N–C) groups is 1. The van der Waals surface area contributed by atoms with E-state index in [9.17, 15) is 14.4 Å². The van der Waals surface area contributed by atoms with Gasteiger partial charge < -0.3 is 0 Å². The molecule has 132 valence electrons. The number of hydrogen-bond acceptors (Lipinski definition) is 5. The molecule has 1 saturated heterocycles. The quantitative estimate of drug-likeness (QED) is 0.666. The summed E-state index contributed by atoms with van der Waals surface area (Å²) in [5.41, 5.74) is 1.04. The molecule has 26 heavy (non-hydrogen) atoms. The fraction of sp³-hybridized carbons (Fsp3) is 0.421. The molecule has 7 nitrogen and oxygen atoms in total. The van der Waals surface area contributed by atoms with Crippen LogP contribution >= 0.6 is 0 Å². The van der Waals surface area contributed by atoms with E-state index in [0.29, 0.717) is 23.1 Å². The van der Waals surface area contributed by atoms with E-state index >= 15 is 0 Å². The standard InChI is InChI=1S/C19H18N4O3/c20-9-11-2-5-14(6-3-11)21-10-15-17(24)22-19(26)23(18(15)25)16-8-12-1-4-13(16)7-12/h2-3,5-6,10,12-13,15-16H,1,4,7-8H2,(H,22,24,26)/t12-,13-,15+,16+/m0/s1. The van der Waals surface area contributed by atoms with Crippen molar-refractivity contribution in [2.75, 3.05) is 0 Å². The van der Waals surface area contributed by atoms with Crippen molar-refractivity contribution in [2.24, 2.45) is 22.7 Å². The van der Waals surface area contributed by atoms with E-state index in [-0.39, 0.29) is 6.04 Å². The zero-order chi connectivity index (χ0) is 18.3. The molecule has 0 unspecified atom stereocenters. The molecule has 0 radical (unpaired) electrons. The summed E-state index contributed by atoms with van der Waals surface area (Å²) in [4.78, 5) is 42.7. The molecule has 4 atom stereocenters. The largest absolute Gasteiger partial charge is 0.331 e. The summed E-state index contributed by atoms with van der Waals surface area (Å²) in [7, 11) is 0. The Bertz CT molecular complexity index is 839. The molecule has 1 N–H and O–H groups in total. The van der Waals surface area contributed by atoms with Crippen molar-refractivity contribution in [3.8, 4) is 6.07 Å². The molecule has 1 heterocycles. The van der Waals surface area contributed by atoms with Crippen molar-refractivity contribution in [2.45, 2.75) is 31.7 Å². The lowest BCUT2D eigenvalue weighted by molar-refractivity contribution is -0.141. The van der Waals surface area contributed by atoms with Crippen LogP contribution in [0.2, 0.25) is 0 Å². The average Bonchev–Trinajstić information content (AvgIpc) is 3.25. The van der Waals surface area contributed by atoms with E-state index in [1.807, 2.05) is 6.07 Å². The first-order valence-electron chi connectivity index (χ1n) is 8.79. The summed E-state index contributed by atoms with van der Waals surface area (Å²) in [6, 6.07) is 7.79. The molecule has 0 spiro atoms. The minimum atomic E-state index is -1.11. The summed E-state index contributed by atoms with van der Waals surface area (Å²) in [6.45, 7) is 0. The lowest BCUT2D eigenvalue weighted by Gasteiger charge is -2.36. The monoisotopic (exact) mass is 350 g/mol. The van der Waals surface area contributed by atoms with Crippen LogP contribution in [0, 0.1) is 29.1 Å². The maximum atomic E-state index is 12.8. The molecule has 1 aliphatic heterocycles. The van der Waals surface area contributed by atoms with E-state index in [1.165, 1.54) is 11.1 Å². The summed E-state index contributed by atoms with van der Waals surface area (Å²) in [6.07, 6.45) is 5.36. The first kappa shape index (κ1) is 16.5. The fourth-order valence-corrected chi connectivity index (χ4v) is 4.36. The van der Waals surface area contributed by atoms with Gasteiger partial charge in [-0.3, -0.25) is 24.8 Å². The number of benzene rings is 1. The van der Waals surface area contributed by atoms with E-state index in [4.69, 9.17) is 5.26 Å². The second-order valence-corrected chi connectivity index (χ2v) is 7.16. The minimum absolute atomic E-state index is 0.111. The number of nitrogens with one attached hydrogen (secondary N) is 1. The normalized spacial score (nSPS) is 30.7. The number of amides is 4. The summed E-state index contributed by atoms with van der Waals surface area (Å²) in [5, 5.41) is 11.1.